The lowest BCUT2D eigenvalue weighted by atomic mass is 10.2. The fourth-order valence-electron chi connectivity index (χ4n) is 3.08. The first-order valence-electron chi connectivity index (χ1n) is 10.2. The van der Waals surface area contributed by atoms with Crippen molar-refractivity contribution in [2.24, 2.45) is 0 Å². The third-order valence-electron chi connectivity index (χ3n) is 4.51. The predicted molar refractivity (Wildman–Crippen MR) is 112 cm³/mol. The average molecular weight is 425 g/mol. The number of aromatic nitrogens is 1. The van der Waals surface area contributed by atoms with Gasteiger partial charge in [0.15, 0.2) is 0 Å². The summed E-state index contributed by atoms with van der Waals surface area (Å²) in [6.45, 7) is 6.85. The van der Waals surface area contributed by atoms with Crippen LogP contribution in [0, 0.1) is 0 Å². The van der Waals surface area contributed by atoms with E-state index in [1.165, 1.54) is 18.7 Å². The number of halogens is 3. The number of ether oxygens (including phenoxy) is 1. The normalized spacial score (nSPS) is 16.7. The van der Waals surface area contributed by atoms with Crippen LogP contribution in [-0.2, 0) is 12.8 Å². The van der Waals surface area contributed by atoms with Crippen molar-refractivity contribution in [3.8, 4) is 5.75 Å². The molecule has 2 heterocycles. The van der Waals surface area contributed by atoms with Crippen LogP contribution in [0.15, 0.2) is 42.6 Å². The Hall–Kier alpha value is -2.32. The molecule has 8 heteroatoms. The molecule has 1 aliphatic heterocycles. The summed E-state index contributed by atoms with van der Waals surface area (Å²) < 4.78 is 44.8. The van der Waals surface area contributed by atoms with Crippen molar-refractivity contribution in [3.05, 3.63) is 53.7 Å². The van der Waals surface area contributed by atoms with Crippen LogP contribution in [0.25, 0.3) is 0 Å². The summed E-state index contributed by atoms with van der Waals surface area (Å²) in [5.74, 6) is 0.612. The van der Waals surface area contributed by atoms with E-state index in [-0.39, 0.29) is 18.5 Å². The second-order valence-electron chi connectivity index (χ2n) is 7.19. The molecule has 2 aromatic rings. The Balaban J connectivity index is 0.00000101. The lowest BCUT2D eigenvalue weighted by Crippen LogP contribution is -2.30. The lowest BCUT2D eigenvalue weighted by Gasteiger charge is -2.19. The Kier molecular flexibility index (Phi) is 9.39. The first kappa shape index (κ1) is 24.0. The molecule has 0 aliphatic carbocycles. The molecule has 1 aromatic heterocycles. The van der Waals surface area contributed by atoms with Crippen LogP contribution >= 0.6 is 0 Å². The number of anilines is 1. The molecule has 166 valence electrons. The van der Waals surface area contributed by atoms with Gasteiger partial charge < -0.3 is 15.2 Å². The standard InChI is InChI=1S/C19H22F3N3O2.C3H8/c20-19(21,22)17-2-1-8-23-18(17)24-15-7-9-25(12-15)10-11-27-16-5-3-14(13-26)4-6-16;1-3-2/h1-6,8,15,26H,7,9-13H2,(H,23,24);3H2,1-2H3. The average Bonchev–Trinajstić information content (AvgIpc) is 3.16. The number of alkyl halides is 3. The number of rotatable bonds is 7. The maximum atomic E-state index is 13.1. The second-order valence-corrected chi connectivity index (χ2v) is 7.19. The van der Waals surface area contributed by atoms with Gasteiger partial charge >= 0.3 is 6.18 Å². The zero-order valence-corrected chi connectivity index (χ0v) is 17.5. The Morgan fingerprint density at radius 2 is 1.90 bits per heavy atom. The topological polar surface area (TPSA) is 57.6 Å². The van der Waals surface area contributed by atoms with E-state index < -0.39 is 11.7 Å². The van der Waals surface area contributed by atoms with Crippen LogP contribution < -0.4 is 10.1 Å². The molecule has 1 aliphatic rings. The van der Waals surface area contributed by atoms with Crippen molar-refractivity contribution in [3.63, 3.8) is 0 Å². The van der Waals surface area contributed by atoms with E-state index >= 15 is 0 Å². The SMILES string of the molecule is CCC.OCc1ccc(OCCN2CCC(Nc3ncccc3C(F)(F)F)C2)cc1. The van der Waals surface area contributed by atoms with Crippen LogP contribution in [-0.4, -0.2) is 47.3 Å². The van der Waals surface area contributed by atoms with E-state index in [9.17, 15) is 13.2 Å². The maximum absolute atomic E-state index is 13.1. The van der Waals surface area contributed by atoms with Crippen LogP contribution in [0.5, 0.6) is 5.75 Å². The van der Waals surface area contributed by atoms with Crippen LogP contribution in [0.3, 0.4) is 0 Å². The largest absolute Gasteiger partial charge is 0.492 e. The highest BCUT2D eigenvalue weighted by Crippen LogP contribution is 2.34. The van der Waals surface area contributed by atoms with Gasteiger partial charge in [0.25, 0.3) is 0 Å². The van der Waals surface area contributed by atoms with Gasteiger partial charge in [-0.3, -0.25) is 4.90 Å². The third kappa shape index (κ3) is 7.50. The van der Waals surface area contributed by atoms with Gasteiger partial charge in [-0.15, -0.1) is 0 Å². The van der Waals surface area contributed by atoms with Crippen LogP contribution in [0.4, 0.5) is 19.0 Å². The molecule has 0 radical (unpaired) electrons. The van der Waals surface area contributed by atoms with E-state index in [0.29, 0.717) is 19.7 Å². The molecule has 0 bridgehead atoms. The highest BCUT2D eigenvalue weighted by Gasteiger charge is 2.35. The van der Waals surface area contributed by atoms with Crippen molar-refractivity contribution in [2.75, 3.05) is 31.6 Å². The van der Waals surface area contributed by atoms with Gasteiger partial charge in [-0.25, -0.2) is 4.98 Å². The first-order chi connectivity index (χ1) is 14.4. The molecule has 5 nitrogen and oxygen atoms in total. The number of likely N-dealkylation sites (tertiary alicyclic amines) is 1. The van der Waals surface area contributed by atoms with E-state index in [1.54, 1.807) is 24.3 Å². The van der Waals surface area contributed by atoms with Gasteiger partial charge in [0.2, 0.25) is 0 Å². The predicted octanol–water partition coefficient (Wildman–Crippen LogP) is 4.57. The van der Waals surface area contributed by atoms with Crippen molar-refractivity contribution < 1.29 is 23.0 Å². The van der Waals surface area contributed by atoms with Gasteiger partial charge in [0.1, 0.15) is 18.2 Å². The summed E-state index contributed by atoms with van der Waals surface area (Å²) in [7, 11) is 0. The zero-order chi connectivity index (χ0) is 22.0. The molecule has 1 saturated heterocycles. The Morgan fingerprint density at radius 3 is 2.53 bits per heavy atom. The zero-order valence-electron chi connectivity index (χ0n) is 17.5. The summed E-state index contributed by atoms with van der Waals surface area (Å²) in [4.78, 5) is 6.01. The highest BCUT2D eigenvalue weighted by atomic mass is 19.4. The lowest BCUT2D eigenvalue weighted by molar-refractivity contribution is -0.137. The third-order valence-corrected chi connectivity index (χ3v) is 4.51. The number of hydrogen-bond donors (Lipinski definition) is 2. The number of aliphatic hydroxyl groups excluding tert-OH is 1. The molecule has 3 rings (SSSR count). The highest BCUT2D eigenvalue weighted by molar-refractivity contribution is 5.46. The number of nitrogens with one attached hydrogen (secondary N) is 1. The molecule has 0 amide bonds. The molecule has 2 N–H and O–H groups in total. The fraction of sp³-hybridized carbons (Fsp3) is 0.500. The van der Waals surface area contributed by atoms with Gasteiger partial charge in [-0.2, -0.15) is 13.2 Å². The molecule has 30 heavy (non-hydrogen) atoms. The summed E-state index contributed by atoms with van der Waals surface area (Å²) >= 11 is 0. The van der Waals surface area contributed by atoms with Crippen molar-refractivity contribution >= 4 is 5.82 Å². The summed E-state index contributed by atoms with van der Waals surface area (Å²) in [6, 6.07) is 9.47. The quantitative estimate of drug-likeness (QED) is 0.680. The van der Waals surface area contributed by atoms with Crippen molar-refractivity contribution in [2.45, 2.75) is 45.5 Å². The molecular weight excluding hydrogens is 395 g/mol. The Morgan fingerprint density at radius 1 is 1.20 bits per heavy atom. The molecule has 1 unspecified atom stereocenters. The number of aliphatic hydroxyl groups is 1. The minimum absolute atomic E-state index is 0.00519. The van der Waals surface area contributed by atoms with E-state index in [4.69, 9.17) is 9.84 Å². The summed E-state index contributed by atoms with van der Waals surface area (Å²) in [6.07, 6.45) is -1.06. The van der Waals surface area contributed by atoms with Gasteiger partial charge in [-0.1, -0.05) is 32.4 Å². The Labute approximate surface area is 175 Å². The van der Waals surface area contributed by atoms with E-state index in [0.717, 1.165) is 30.3 Å². The van der Waals surface area contributed by atoms with Crippen molar-refractivity contribution in [1.82, 2.24) is 9.88 Å². The molecular formula is C22H30F3N3O2. The van der Waals surface area contributed by atoms with E-state index in [1.807, 2.05) is 0 Å². The Bertz CT molecular complexity index is 754. The van der Waals surface area contributed by atoms with Crippen molar-refractivity contribution in [1.29, 1.82) is 0 Å². The number of benzene rings is 1. The summed E-state index contributed by atoms with van der Waals surface area (Å²) in [5, 5.41) is 11.9. The van der Waals surface area contributed by atoms with Gasteiger partial charge in [0.05, 0.1) is 12.2 Å². The minimum atomic E-state index is -4.42. The number of pyridine rings is 1. The number of hydrogen-bond acceptors (Lipinski definition) is 5. The van der Waals surface area contributed by atoms with E-state index in [2.05, 4.69) is 29.0 Å². The van der Waals surface area contributed by atoms with Gasteiger partial charge in [-0.05, 0) is 36.2 Å². The number of nitrogens with zero attached hydrogens (tertiary/aromatic N) is 2. The summed E-state index contributed by atoms with van der Waals surface area (Å²) in [5.41, 5.74) is 0.0849. The molecule has 0 spiro atoms. The molecule has 1 aromatic carbocycles. The maximum Gasteiger partial charge on any atom is 0.419 e. The molecule has 0 saturated carbocycles. The minimum Gasteiger partial charge on any atom is -0.492 e. The first-order valence-corrected chi connectivity index (χ1v) is 10.2. The van der Waals surface area contributed by atoms with Crippen LogP contribution in [0.2, 0.25) is 0 Å². The molecule has 1 atom stereocenters. The molecule has 1 fully saturated rings. The van der Waals surface area contributed by atoms with Gasteiger partial charge in [0, 0.05) is 31.9 Å². The van der Waals surface area contributed by atoms with Crippen LogP contribution in [0.1, 0.15) is 37.8 Å². The smallest absolute Gasteiger partial charge is 0.419 e. The monoisotopic (exact) mass is 425 g/mol. The second kappa shape index (κ2) is 11.8. The fourth-order valence-corrected chi connectivity index (χ4v) is 3.08.